The second-order valence-corrected chi connectivity index (χ2v) is 4.56. The zero-order valence-corrected chi connectivity index (χ0v) is 11.0. The first kappa shape index (κ1) is 13.6. The van der Waals surface area contributed by atoms with Crippen LogP contribution in [0.15, 0.2) is 40.9 Å². The second kappa shape index (κ2) is 5.44. The average Bonchev–Trinajstić information content (AvgIpc) is 2.34. The molecule has 2 aromatic carbocycles. The van der Waals surface area contributed by atoms with Crippen molar-refractivity contribution in [2.45, 2.75) is 0 Å². The smallest absolute Gasteiger partial charge is 0.255 e. The third kappa shape index (κ3) is 3.14. The Balaban J connectivity index is 2.26. The zero-order valence-electron chi connectivity index (χ0n) is 9.38. The number of halogens is 4. The lowest BCUT2D eigenvalue weighted by molar-refractivity contribution is 0.102. The summed E-state index contributed by atoms with van der Waals surface area (Å²) in [4.78, 5) is 11.8. The van der Waals surface area contributed by atoms with E-state index < -0.39 is 23.4 Å². The van der Waals surface area contributed by atoms with Gasteiger partial charge in [-0.1, -0.05) is 0 Å². The molecular formula is C13H7BrF3NO. The van der Waals surface area contributed by atoms with E-state index in [4.69, 9.17) is 0 Å². The Bertz CT molecular complexity index is 605. The lowest BCUT2D eigenvalue weighted by Gasteiger charge is -2.08. The number of benzene rings is 2. The highest BCUT2D eigenvalue weighted by molar-refractivity contribution is 9.10. The Morgan fingerprint density at radius 1 is 1.00 bits per heavy atom. The van der Waals surface area contributed by atoms with Gasteiger partial charge in [0, 0.05) is 16.1 Å². The Hall–Kier alpha value is -1.82. The number of carbonyl (C=O) groups excluding carboxylic acids is 1. The van der Waals surface area contributed by atoms with Crippen molar-refractivity contribution < 1.29 is 18.0 Å². The minimum absolute atomic E-state index is 0.0838. The van der Waals surface area contributed by atoms with Crippen LogP contribution in [0.4, 0.5) is 18.9 Å². The number of amides is 1. The van der Waals surface area contributed by atoms with Crippen LogP contribution >= 0.6 is 15.9 Å². The molecule has 1 N–H and O–H groups in total. The van der Waals surface area contributed by atoms with E-state index in [9.17, 15) is 18.0 Å². The monoisotopic (exact) mass is 329 g/mol. The Kier molecular flexibility index (Phi) is 3.90. The number of hydrogen-bond acceptors (Lipinski definition) is 1. The molecule has 19 heavy (non-hydrogen) atoms. The van der Waals surface area contributed by atoms with Gasteiger partial charge in [-0.25, -0.2) is 13.2 Å². The predicted molar refractivity (Wildman–Crippen MR) is 68.4 cm³/mol. The van der Waals surface area contributed by atoms with Gasteiger partial charge in [0.2, 0.25) is 0 Å². The van der Waals surface area contributed by atoms with Crippen molar-refractivity contribution in [3.63, 3.8) is 0 Å². The van der Waals surface area contributed by atoms with Gasteiger partial charge in [-0.2, -0.15) is 0 Å². The maximum atomic E-state index is 13.5. The molecule has 2 aromatic rings. The quantitative estimate of drug-likeness (QED) is 0.882. The van der Waals surface area contributed by atoms with Crippen LogP contribution < -0.4 is 5.32 Å². The second-order valence-electron chi connectivity index (χ2n) is 3.71. The van der Waals surface area contributed by atoms with Crippen LogP contribution in [0.2, 0.25) is 0 Å². The molecule has 0 aromatic heterocycles. The summed E-state index contributed by atoms with van der Waals surface area (Å²) < 4.78 is 39.2. The molecule has 6 heteroatoms. The van der Waals surface area contributed by atoms with E-state index in [2.05, 4.69) is 21.2 Å². The molecule has 1 amide bonds. The van der Waals surface area contributed by atoms with Gasteiger partial charge < -0.3 is 5.32 Å². The molecule has 0 fully saturated rings. The predicted octanol–water partition coefficient (Wildman–Crippen LogP) is 4.12. The highest BCUT2D eigenvalue weighted by atomic mass is 79.9. The van der Waals surface area contributed by atoms with Crippen molar-refractivity contribution in [1.82, 2.24) is 0 Å². The van der Waals surface area contributed by atoms with E-state index in [1.807, 2.05) is 0 Å². The van der Waals surface area contributed by atoms with Crippen molar-refractivity contribution in [3.05, 3.63) is 63.9 Å². The topological polar surface area (TPSA) is 29.1 Å². The molecule has 0 heterocycles. The van der Waals surface area contributed by atoms with Gasteiger partial charge in [0.1, 0.15) is 11.6 Å². The van der Waals surface area contributed by atoms with Gasteiger partial charge in [0.15, 0.2) is 5.82 Å². The van der Waals surface area contributed by atoms with E-state index >= 15 is 0 Å². The first-order valence-electron chi connectivity index (χ1n) is 5.19. The molecule has 0 aliphatic rings. The van der Waals surface area contributed by atoms with Gasteiger partial charge in [-0.15, -0.1) is 0 Å². The van der Waals surface area contributed by atoms with E-state index in [0.29, 0.717) is 6.07 Å². The normalized spacial score (nSPS) is 10.3. The number of nitrogens with one attached hydrogen (secondary N) is 1. The van der Waals surface area contributed by atoms with Gasteiger partial charge in [-0.3, -0.25) is 4.79 Å². The molecule has 0 aliphatic heterocycles. The summed E-state index contributed by atoms with van der Waals surface area (Å²) in [6.45, 7) is 0. The van der Waals surface area contributed by atoms with Crippen LogP contribution in [0, 0.1) is 17.5 Å². The fourth-order valence-electron chi connectivity index (χ4n) is 1.45. The van der Waals surface area contributed by atoms with Crippen LogP contribution in [-0.2, 0) is 0 Å². The molecule has 0 atom stereocenters. The molecule has 0 spiro atoms. The maximum absolute atomic E-state index is 13.5. The van der Waals surface area contributed by atoms with Crippen LogP contribution in [0.3, 0.4) is 0 Å². The van der Waals surface area contributed by atoms with Crippen molar-refractivity contribution in [2.75, 3.05) is 5.32 Å². The highest BCUT2D eigenvalue weighted by Gasteiger charge is 2.13. The summed E-state index contributed by atoms with van der Waals surface area (Å²) in [5, 5.41) is 2.29. The van der Waals surface area contributed by atoms with Crippen molar-refractivity contribution in [2.24, 2.45) is 0 Å². The molecule has 0 aliphatic carbocycles. The van der Waals surface area contributed by atoms with E-state index in [-0.39, 0.29) is 15.7 Å². The Morgan fingerprint density at radius 3 is 2.21 bits per heavy atom. The molecular weight excluding hydrogens is 323 g/mol. The van der Waals surface area contributed by atoms with Crippen LogP contribution in [0.1, 0.15) is 10.4 Å². The number of hydrogen-bond donors (Lipinski definition) is 1. The number of carbonyl (C=O) groups is 1. The molecule has 98 valence electrons. The molecule has 0 unspecified atom stereocenters. The van der Waals surface area contributed by atoms with Crippen LogP contribution in [0.5, 0.6) is 0 Å². The van der Waals surface area contributed by atoms with Gasteiger partial charge in [-0.05, 0) is 46.3 Å². The van der Waals surface area contributed by atoms with Crippen LogP contribution in [-0.4, -0.2) is 5.91 Å². The summed E-state index contributed by atoms with van der Waals surface area (Å²) in [5.74, 6) is -2.76. The van der Waals surface area contributed by atoms with Crippen molar-refractivity contribution in [1.29, 1.82) is 0 Å². The van der Waals surface area contributed by atoms with E-state index in [1.54, 1.807) is 0 Å². The minimum atomic E-state index is -0.901. The van der Waals surface area contributed by atoms with E-state index in [0.717, 1.165) is 18.2 Å². The molecule has 0 radical (unpaired) electrons. The molecule has 0 bridgehead atoms. The summed E-state index contributed by atoms with van der Waals surface area (Å²) in [7, 11) is 0. The summed E-state index contributed by atoms with van der Waals surface area (Å²) >= 11 is 2.96. The molecule has 2 nitrogen and oxygen atoms in total. The SMILES string of the molecule is O=C(Nc1c(F)cc(F)cc1Br)c1ccc(F)cc1. The number of rotatable bonds is 2. The average molecular weight is 330 g/mol. The first-order valence-corrected chi connectivity index (χ1v) is 5.98. The van der Waals surface area contributed by atoms with Gasteiger partial charge >= 0.3 is 0 Å². The standard InChI is InChI=1S/C13H7BrF3NO/c14-10-5-9(16)6-11(17)12(10)18-13(19)7-1-3-8(15)4-2-7/h1-6H,(H,18,19). The zero-order chi connectivity index (χ0) is 14.0. The highest BCUT2D eigenvalue weighted by Crippen LogP contribution is 2.27. The lowest BCUT2D eigenvalue weighted by Crippen LogP contribution is -2.13. The van der Waals surface area contributed by atoms with Gasteiger partial charge in [0.05, 0.1) is 5.69 Å². The minimum Gasteiger partial charge on any atom is -0.319 e. The molecule has 0 saturated heterocycles. The Morgan fingerprint density at radius 2 is 1.63 bits per heavy atom. The fraction of sp³-hybridized carbons (Fsp3) is 0. The first-order chi connectivity index (χ1) is 8.97. The third-order valence-corrected chi connectivity index (χ3v) is 2.98. The summed E-state index contributed by atoms with van der Waals surface area (Å²) in [6, 6.07) is 6.45. The van der Waals surface area contributed by atoms with Crippen molar-refractivity contribution in [3.8, 4) is 0 Å². The van der Waals surface area contributed by atoms with Crippen molar-refractivity contribution >= 4 is 27.5 Å². The Labute approximate surface area is 115 Å². The van der Waals surface area contributed by atoms with Gasteiger partial charge in [0.25, 0.3) is 5.91 Å². The lowest BCUT2D eigenvalue weighted by atomic mass is 10.2. The summed E-state index contributed by atoms with van der Waals surface area (Å²) in [5.41, 5.74) is -0.00671. The summed E-state index contributed by atoms with van der Waals surface area (Å²) in [6.07, 6.45) is 0. The third-order valence-electron chi connectivity index (χ3n) is 2.35. The van der Waals surface area contributed by atoms with Crippen LogP contribution in [0.25, 0.3) is 0 Å². The van der Waals surface area contributed by atoms with E-state index in [1.165, 1.54) is 12.1 Å². The molecule has 2 rings (SSSR count). The maximum Gasteiger partial charge on any atom is 0.255 e. The fourth-order valence-corrected chi connectivity index (χ4v) is 1.96. The largest absolute Gasteiger partial charge is 0.319 e. The molecule has 0 saturated carbocycles. The number of anilines is 1.